The zero-order valence-corrected chi connectivity index (χ0v) is 30.3. The summed E-state index contributed by atoms with van der Waals surface area (Å²) >= 11 is 0. The van der Waals surface area contributed by atoms with Crippen LogP contribution in [0.1, 0.15) is 89.5 Å². The van der Waals surface area contributed by atoms with Gasteiger partial charge in [-0.05, 0) is 83.1 Å². The highest BCUT2D eigenvalue weighted by Gasteiger charge is 2.31. The number of carboxylic acid groups (broad SMARTS) is 2. The van der Waals surface area contributed by atoms with Gasteiger partial charge < -0.3 is 29.2 Å². The van der Waals surface area contributed by atoms with Crippen molar-refractivity contribution in [2.24, 2.45) is 0 Å². The lowest BCUT2D eigenvalue weighted by Crippen LogP contribution is -2.51. The molecule has 0 saturated heterocycles. The summed E-state index contributed by atoms with van der Waals surface area (Å²) in [6.07, 6.45) is -0.758. The Bertz CT molecular complexity index is 953. The van der Waals surface area contributed by atoms with Crippen molar-refractivity contribution in [1.82, 2.24) is 14.7 Å². The van der Waals surface area contributed by atoms with Crippen molar-refractivity contribution in [2.45, 2.75) is 118 Å². The first-order valence-corrected chi connectivity index (χ1v) is 15.6. The molecule has 0 unspecified atom stereocenters. The molecule has 0 rings (SSSR count). The molecule has 0 aliphatic carbocycles. The maximum absolute atomic E-state index is 12.7. The molecule has 0 aromatic carbocycles. The van der Waals surface area contributed by atoms with E-state index in [0.29, 0.717) is 0 Å². The summed E-state index contributed by atoms with van der Waals surface area (Å²) in [4.78, 5) is 78.9. The lowest BCUT2D eigenvalue weighted by atomic mass is 10.1. The molecule has 0 fully saturated rings. The topological polar surface area (TPSA) is 190 Å². The summed E-state index contributed by atoms with van der Waals surface area (Å²) in [6.45, 7) is 18.6. The second-order valence-corrected chi connectivity index (χ2v) is 15.3. The average Bonchev–Trinajstić information content (AvgIpc) is 2.77. The normalized spacial score (nSPS) is 13.3. The van der Waals surface area contributed by atoms with Crippen molar-refractivity contribution >= 4 is 35.8 Å². The zero-order chi connectivity index (χ0) is 37.0. The number of ether oxygens (including phenoxy) is 4. The Kier molecular flexibility index (Phi) is 17.0. The van der Waals surface area contributed by atoms with Gasteiger partial charge in [0.1, 0.15) is 28.4 Å². The number of carboxylic acids is 2. The number of carbonyl (C=O) groups excluding carboxylic acids is 4. The molecule has 15 heteroatoms. The Labute approximate surface area is 278 Å². The number of esters is 4. The highest BCUT2D eigenvalue weighted by atomic mass is 16.6. The van der Waals surface area contributed by atoms with Gasteiger partial charge in [0, 0.05) is 26.2 Å². The van der Waals surface area contributed by atoms with Gasteiger partial charge in [-0.2, -0.15) is 0 Å². The smallest absolute Gasteiger partial charge is 0.321 e. The highest BCUT2D eigenvalue weighted by Crippen LogP contribution is 2.13. The molecule has 1 atom stereocenters. The molecule has 0 aromatic rings. The Morgan fingerprint density at radius 1 is 0.489 bits per heavy atom. The second kappa shape index (κ2) is 18.3. The number of hydrogen-bond acceptors (Lipinski definition) is 13. The molecule has 0 aromatic heterocycles. The summed E-state index contributed by atoms with van der Waals surface area (Å²) in [6, 6.07) is -1.51. The van der Waals surface area contributed by atoms with Crippen LogP contribution in [0.2, 0.25) is 0 Å². The van der Waals surface area contributed by atoms with Gasteiger partial charge in [-0.1, -0.05) is 0 Å². The third-order valence-electron chi connectivity index (χ3n) is 5.59. The van der Waals surface area contributed by atoms with Gasteiger partial charge in [-0.25, -0.2) is 0 Å². The summed E-state index contributed by atoms with van der Waals surface area (Å²) < 4.78 is 21.6. The summed E-state index contributed by atoms with van der Waals surface area (Å²) in [5.41, 5.74) is -3.21. The molecular formula is C32H57N3O12. The first kappa shape index (κ1) is 43.7. The lowest BCUT2D eigenvalue weighted by Gasteiger charge is -2.33. The molecule has 0 spiro atoms. The monoisotopic (exact) mass is 675 g/mol. The summed E-state index contributed by atoms with van der Waals surface area (Å²) in [5.74, 6) is -5.30. The van der Waals surface area contributed by atoms with Gasteiger partial charge in [0.15, 0.2) is 0 Å². The van der Waals surface area contributed by atoms with Crippen LogP contribution in [0.25, 0.3) is 0 Å². The minimum atomic E-state index is -1.51. The van der Waals surface area contributed by atoms with E-state index in [1.807, 2.05) is 0 Å². The zero-order valence-electron chi connectivity index (χ0n) is 30.3. The third-order valence-corrected chi connectivity index (χ3v) is 5.59. The van der Waals surface area contributed by atoms with Crippen LogP contribution in [0, 0.1) is 0 Å². The summed E-state index contributed by atoms with van der Waals surface area (Å²) in [5, 5.41) is 19.5. The van der Waals surface area contributed by atoms with E-state index in [4.69, 9.17) is 18.9 Å². The molecule has 15 nitrogen and oxygen atoms in total. The van der Waals surface area contributed by atoms with Crippen LogP contribution in [0.5, 0.6) is 0 Å². The van der Waals surface area contributed by atoms with E-state index < -0.39 is 70.7 Å². The van der Waals surface area contributed by atoms with Crippen LogP contribution in [0.4, 0.5) is 0 Å². The molecule has 0 radical (unpaired) electrons. The van der Waals surface area contributed by atoms with Gasteiger partial charge in [-0.3, -0.25) is 43.5 Å². The summed E-state index contributed by atoms with van der Waals surface area (Å²) in [7, 11) is 0. The Morgan fingerprint density at radius 2 is 0.745 bits per heavy atom. The maximum Gasteiger partial charge on any atom is 0.321 e. The van der Waals surface area contributed by atoms with Crippen LogP contribution in [0.15, 0.2) is 0 Å². The number of rotatable bonds is 18. The minimum Gasteiger partial charge on any atom is -0.481 e. The molecule has 0 bridgehead atoms. The fourth-order valence-electron chi connectivity index (χ4n) is 4.15. The van der Waals surface area contributed by atoms with Crippen molar-refractivity contribution in [2.75, 3.05) is 52.4 Å². The predicted molar refractivity (Wildman–Crippen MR) is 172 cm³/mol. The van der Waals surface area contributed by atoms with Crippen LogP contribution in [0.3, 0.4) is 0 Å². The van der Waals surface area contributed by atoms with Gasteiger partial charge >= 0.3 is 35.8 Å². The number of hydrogen-bond donors (Lipinski definition) is 2. The Hall–Kier alpha value is -3.30. The average molecular weight is 676 g/mol. The van der Waals surface area contributed by atoms with Crippen LogP contribution in [-0.4, -0.2) is 142 Å². The third kappa shape index (κ3) is 23.6. The minimum absolute atomic E-state index is 0.0555. The second-order valence-electron chi connectivity index (χ2n) is 15.3. The van der Waals surface area contributed by atoms with Crippen LogP contribution in [-0.2, 0) is 47.7 Å². The van der Waals surface area contributed by atoms with Gasteiger partial charge in [0.25, 0.3) is 0 Å². The van der Waals surface area contributed by atoms with E-state index in [0.717, 1.165) is 0 Å². The lowest BCUT2D eigenvalue weighted by molar-refractivity contribution is -0.162. The van der Waals surface area contributed by atoms with Crippen molar-refractivity contribution in [3.63, 3.8) is 0 Å². The maximum atomic E-state index is 12.7. The molecule has 0 heterocycles. The molecular weight excluding hydrogens is 618 g/mol. The van der Waals surface area contributed by atoms with Gasteiger partial charge in [0.2, 0.25) is 0 Å². The Balaban J connectivity index is 6.27. The molecule has 0 aliphatic rings. The standard InChI is InChI=1S/C32H57N3O12/c1-29(2,3)44-24(38)18-33(19-25(39)45-30(4,5)6)13-15-35(22(28(42)43)17-23(36)37)16-14-34(20-26(40)46-31(7,8)9)21-27(41)47-32(10,11)12/h22H,13-21H2,1-12H3,(H,36,37)(H,42,43)/t22-/m0/s1. The SMILES string of the molecule is CC(C)(C)OC(=O)CN(CCN(CCN(CC(=O)OC(C)(C)C)CC(=O)OC(C)(C)C)[C@@H](CC(=O)O)C(=O)O)CC(=O)OC(C)(C)C. The molecule has 0 amide bonds. The predicted octanol–water partition coefficient (Wildman–Crippen LogP) is 2.19. The molecule has 272 valence electrons. The number of nitrogens with zero attached hydrogens (tertiary/aromatic N) is 3. The largest absolute Gasteiger partial charge is 0.481 e. The Morgan fingerprint density at radius 3 is 0.936 bits per heavy atom. The molecule has 0 saturated carbocycles. The van der Waals surface area contributed by atoms with Crippen molar-refractivity contribution in [3.8, 4) is 0 Å². The quantitative estimate of drug-likeness (QED) is 0.159. The first-order valence-electron chi connectivity index (χ1n) is 15.6. The van der Waals surface area contributed by atoms with Gasteiger partial charge in [-0.15, -0.1) is 0 Å². The van der Waals surface area contributed by atoms with Gasteiger partial charge in [0.05, 0.1) is 32.6 Å². The van der Waals surface area contributed by atoms with E-state index in [1.165, 1.54) is 14.7 Å². The number of carbonyl (C=O) groups is 6. The van der Waals surface area contributed by atoms with Crippen molar-refractivity contribution < 1.29 is 57.9 Å². The van der Waals surface area contributed by atoms with Crippen molar-refractivity contribution in [3.05, 3.63) is 0 Å². The van der Waals surface area contributed by atoms with Crippen LogP contribution < -0.4 is 0 Å². The van der Waals surface area contributed by atoms with Crippen LogP contribution >= 0.6 is 0 Å². The van der Waals surface area contributed by atoms with E-state index in [1.54, 1.807) is 83.1 Å². The fourth-order valence-corrected chi connectivity index (χ4v) is 4.15. The van der Waals surface area contributed by atoms with Crippen molar-refractivity contribution in [1.29, 1.82) is 0 Å². The fraction of sp³-hybridized carbons (Fsp3) is 0.812. The van der Waals surface area contributed by atoms with E-state index in [-0.39, 0.29) is 52.4 Å². The molecule has 47 heavy (non-hydrogen) atoms. The van der Waals surface area contributed by atoms with E-state index in [9.17, 15) is 39.0 Å². The van der Waals surface area contributed by atoms with E-state index in [2.05, 4.69) is 0 Å². The van der Waals surface area contributed by atoms with E-state index >= 15 is 0 Å². The first-order chi connectivity index (χ1) is 21.0. The number of aliphatic carboxylic acids is 2. The molecule has 0 aliphatic heterocycles. The highest BCUT2D eigenvalue weighted by molar-refractivity contribution is 5.80. The molecule has 2 N–H and O–H groups in total.